The van der Waals surface area contributed by atoms with E-state index in [0.717, 1.165) is 32.1 Å². The number of carbonyl (C=O) groups is 3. The number of hydrogen-bond acceptors (Lipinski definition) is 3. The first-order valence-corrected chi connectivity index (χ1v) is 7.94. The third-order valence-corrected chi connectivity index (χ3v) is 3.57. The normalized spacial score (nSPS) is 15.3. The maximum atomic E-state index is 11.7. The van der Waals surface area contributed by atoms with Gasteiger partial charge in [-0.05, 0) is 19.3 Å². The molecule has 6 heteroatoms. The van der Waals surface area contributed by atoms with Crippen LogP contribution in [0.25, 0.3) is 0 Å². The van der Waals surface area contributed by atoms with Crippen LogP contribution in [0.1, 0.15) is 58.3 Å². The van der Waals surface area contributed by atoms with Crippen molar-refractivity contribution in [3.05, 3.63) is 0 Å². The average Bonchev–Trinajstić information content (AvgIpc) is 2.49. The highest BCUT2D eigenvalue weighted by atomic mass is 16.2. The molecule has 0 bridgehead atoms. The van der Waals surface area contributed by atoms with Crippen LogP contribution < -0.4 is 16.0 Å². The molecule has 0 aliphatic heterocycles. The fourth-order valence-corrected chi connectivity index (χ4v) is 2.37. The van der Waals surface area contributed by atoms with Crippen molar-refractivity contribution in [2.75, 3.05) is 13.1 Å². The lowest BCUT2D eigenvalue weighted by molar-refractivity contribution is -0.128. The van der Waals surface area contributed by atoms with Gasteiger partial charge in [0.05, 0.1) is 6.54 Å². The first-order valence-electron chi connectivity index (χ1n) is 7.94. The van der Waals surface area contributed by atoms with E-state index >= 15 is 0 Å². The van der Waals surface area contributed by atoms with E-state index < -0.39 is 0 Å². The zero-order valence-electron chi connectivity index (χ0n) is 12.9. The molecule has 1 fully saturated rings. The fraction of sp³-hybridized carbons (Fsp3) is 0.800. The van der Waals surface area contributed by atoms with Crippen LogP contribution in [0.2, 0.25) is 0 Å². The molecule has 0 radical (unpaired) electrons. The van der Waals surface area contributed by atoms with E-state index in [9.17, 15) is 14.4 Å². The summed E-state index contributed by atoms with van der Waals surface area (Å²) in [5.41, 5.74) is 0. The minimum absolute atomic E-state index is 0.00802. The molecule has 0 saturated heterocycles. The summed E-state index contributed by atoms with van der Waals surface area (Å²) >= 11 is 0. The molecule has 21 heavy (non-hydrogen) atoms. The number of amides is 3. The Hall–Kier alpha value is -1.59. The Labute approximate surface area is 126 Å². The van der Waals surface area contributed by atoms with Gasteiger partial charge in [0.1, 0.15) is 0 Å². The van der Waals surface area contributed by atoms with E-state index in [-0.39, 0.29) is 43.1 Å². The monoisotopic (exact) mass is 297 g/mol. The predicted octanol–water partition coefficient (Wildman–Crippen LogP) is 0.858. The van der Waals surface area contributed by atoms with E-state index in [0.29, 0.717) is 6.54 Å². The Balaban J connectivity index is 2.08. The maximum Gasteiger partial charge on any atom is 0.239 e. The number of carbonyl (C=O) groups excluding carboxylic acids is 3. The van der Waals surface area contributed by atoms with Crippen molar-refractivity contribution in [2.45, 2.75) is 64.3 Å². The largest absolute Gasteiger partial charge is 0.356 e. The van der Waals surface area contributed by atoms with Gasteiger partial charge in [-0.2, -0.15) is 0 Å². The molecule has 0 atom stereocenters. The van der Waals surface area contributed by atoms with Gasteiger partial charge in [-0.15, -0.1) is 0 Å². The quantitative estimate of drug-likeness (QED) is 0.621. The van der Waals surface area contributed by atoms with Gasteiger partial charge in [-0.25, -0.2) is 0 Å². The molecule has 0 aromatic rings. The highest BCUT2D eigenvalue weighted by Crippen LogP contribution is 2.16. The Morgan fingerprint density at radius 2 is 1.52 bits per heavy atom. The van der Waals surface area contributed by atoms with Crippen LogP contribution in [0.5, 0.6) is 0 Å². The molecule has 1 aliphatic rings. The Morgan fingerprint density at radius 1 is 0.905 bits per heavy atom. The SMILES string of the molecule is CCCNC(=O)CCC(=O)NCC(=O)NC1CCCCC1. The second-order valence-electron chi connectivity index (χ2n) is 5.53. The van der Waals surface area contributed by atoms with E-state index in [1.54, 1.807) is 0 Å². The zero-order chi connectivity index (χ0) is 15.5. The molecular formula is C15H27N3O3. The molecule has 1 saturated carbocycles. The smallest absolute Gasteiger partial charge is 0.239 e. The molecular weight excluding hydrogens is 270 g/mol. The van der Waals surface area contributed by atoms with Gasteiger partial charge in [0.2, 0.25) is 17.7 Å². The average molecular weight is 297 g/mol. The van der Waals surface area contributed by atoms with Crippen molar-refractivity contribution >= 4 is 17.7 Å². The molecule has 0 aromatic carbocycles. The minimum Gasteiger partial charge on any atom is -0.356 e. The van der Waals surface area contributed by atoms with Crippen LogP contribution >= 0.6 is 0 Å². The zero-order valence-corrected chi connectivity index (χ0v) is 12.9. The lowest BCUT2D eigenvalue weighted by Gasteiger charge is -2.22. The fourth-order valence-electron chi connectivity index (χ4n) is 2.37. The lowest BCUT2D eigenvalue weighted by atomic mass is 9.95. The highest BCUT2D eigenvalue weighted by molar-refractivity contribution is 5.87. The predicted molar refractivity (Wildman–Crippen MR) is 80.6 cm³/mol. The van der Waals surface area contributed by atoms with Gasteiger partial charge in [-0.3, -0.25) is 14.4 Å². The maximum absolute atomic E-state index is 11.7. The minimum atomic E-state index is -0.263. The van der Waals surface area contributed by atoms with Crippen LogP contribution in [0.3, 0.4) is 0 Å². The molecule has 1 aliphatic carbocycles. The van der Waals surface area contributed by atoms with Gasteiger partial charge in [0.15, 0.2) is 0 Å². The van der Waals surface area contributed by atoms with Crippen LogP contribution in [-0.2, 0) is 14.4 Å². The molecule has 0 aromatic heterocycles. The van der Waals surface area contributed by atoms with E-state index in [2.05, 4.69) is 16.0 Å². The van der Waals surface area contributed by atoms with Crippen molar-refractivity contribution in [3.8, 4) is 0 Å². The number of nitrogens with one attached hydrogen (secondary N) is 3. The van der Waals surface area contributed by atoms with E-state index in [1.807, 2.05) is 6.92 Å². The van der Waals surface area contributed by atoms with Gasteiger partial charge in [-0.1, -0.05) is 26.2 Å². The van der Waals surface area contributed by atoms with Crippen molar-refractivity contribution in [1.29, 1.82) is 0 Å². The van der Waals surface area contributed by atoms with Crippen molar-refractivity contribution < 1.29 is 14.4 Å². The molecule has 3 N–H and O–H groups in total. The summed E-state index contributed by atoms with van der Waals surface area (Å²) in [5, 5.41) is 8.20. The summed E-state index contributed by atoms with van der Waals surface area (Å²) in [7, 11) is 0. The van der Waals surface area contributed by atoms with E-state index in [4.69, 9.17) is 0 Å². The molecule has 3 amide bonds. The van der Waals surface area contributed by atoms with Crippen LogP contribution in [0.4, 0.5) is 0 Å². The summed E-state index contributed by atoms with van der Waals surface area (Å²) in [5.74, 6) is -0.537. The standard InChI is InChI=1S/C15H27N3O3/c1-2-10-16-13(19)8-9-14(20)17-11-15(21)18-12-6-4-3-5-7-12/h12H,2-11H2,1H3,(H,16,19)(H,17,20)(H,18,21). The topological polar surface area (TPSA) is 87.3 Å². The molecule has 120 valence electrons. The van der Waals surface area contributed by atoms with Crippen LogP contribution in [0.15, 0.2) is 0 Å². The van der Waals surface area contributed by atoms with Crippen LogP contribution in [0, 0.1) is 0 Å². The summed E-state index contributed by atoms with van der Waals surface area (Å²) < 4.78 is 0. The molecule has 6 nitrogen and oxygen atoms in total. The Morgan fingerprint density at radius 3 is 2.14 bits per heavy atom. The highest BCUT2D eigenvalue weighted by Gasteiger charge is 2.16. The van der Waals surface area contributed by atoms with E-state index in [1.165, 1.54) is 6.42 Å². The molecule has 0 unspecified atom stereocenters. The Kier molecular flexibility index (Phi) is 8.47. The van der Waals surface area contributed by atoms with Gasteiger partial charge in [0.25, 0.3) is 0 Å². The van der Waals surface area contributed by atoms with Gasteiger partial charge in [0, 0.05) is 25.4 Å². The molecule has 1 rings (SSSR count). The first-order chi connectivity index (χ1) is 10.1. The second-order valence-corrected chi connectivity index (χ2v) is 5.53. The second kappa shape index (κ2) is 10.2. The lowest BCUT2D eigenvalue weighted by Crippen LogP contribution is -2.42. The third-order valence-electron chi connectivity index (χ3n) is 3.57. The summed E-state index contributed by atoms with van der Waals surface area (Å²) in [4.78, 5) is 34.6. The van der Waals surface area contributed by atoms with Gasteiger partial charge < -0.3 is 16.0 Å². The summed E-state index contributed by atoms with van der Waals surface area (Å²) in [6, 6.07) is 0.253. The Bertz CT molecular complexity index is 352. The molecule has 0 heterocycles. The summed E-state index contributed by atoms with van der Waals surface area (Å²) in [6.45, 7) is 2.59. The summed E-state index contributed by atoms with van der Waals surface area (Å²) in [6.07, 6.45) is 6.76. The third kappa shape index (κ3) is 8.32. The first kappa shape index (κ1) is 17.5. The van der Waals surface area contributed by atoms with Crippen LogP contribution in [-0.4, -0.2) is 36.9 Å². The van der Waals surface area contributed by atoms with Gasteiger partial charge >= 0.3 is 0 Å². The number of hydrogen-bond donors (Lipinski definition) is 3. The van der Waals surface area contributed by atoms with Crippen molar-refractivity contribution in [3.63, 3.8) is 0 Å². The molecule has 0 spiro atoms. The van der Waals surface area contributed by atoms with Crippen molar-refractivity contribution in [1.82, 2.24) is 16.0 Å². The number of rotatable bonds is 8. The van der Waals surface area contributed by atoms with Crippen molar-refractivity contribution in [2.24, 2.45) is 0 Å².